The maximum atomic E-state index is 12.8. The fourth-order valence-electron chi connectivity index (χ4n) is 2.30. The van der Waals surface area contributed by atoms with Gasteiger partial charge in [-0.25, -0.2) is 17.5 Å². The van der Waals surface area contributed by atoms with Gasteiger partial charge in [0.25, 0.3) is 0 Å². The van der Waals surface area contributed by atoms with Crippen molar-refractivity contribution in [2.45, 2.75) is 30.2 Å². The molecule has 0 unspecified atom stereocenters. The number of rotatable bonds is 5. The molecule has 1 aromatic rings. The first kappa shape index (κ1) is 19.8. The third-order valence-electron chi connectivity index (χ3n) is 3.65. The van der Waals surface area contributed by atoms with Gasteiger partial charge >= 0.3 is 0 Å². The molecular weight excluding hydrogens is 345 g/mol. The van der Waals surface area contributed by atoms with E-state index in [1.807, 2.05) is 0 Å². The van der Waals surface area contributed by atoms with Gasteiger partial charge in [0.2, 0.25) is 15.9 Å². The summed E-state index contributed by atoms with van der Waals surface area (Å²) in [5, 5.41) is 0. The Morgan fingerprint density at radius 2 is 1.83 bits per heavy atom. The van der Waals surface area contributed by atoms with Crippen LogP contribution < -0.4 is 10.5 Å². The molecule has 1 fully saturated rings. The molecule has 1 aliphatic rings. The molecule has 9 heteroatoms. The third kappa shape index (κ3) is 5.72. The molecule has 3 N–H and O–H groups in total. The number of amides is 1. The fraction of sp³-hybridized carbons (Fsp3) is 0.500. The van der Waals surface area contributed by atoms with Crippen molar-refractivity contribution in [3.05, 3.63) is 30.1 Å². The molecule has 1 aliphatic heterocycles. The second kappa shape index (κ2) is 8.58. The van der Waals surface area contributed by atoms with E-state index in [0.29, 0.717) is 13.1 Å². The number of nitrogens with zero attached hydrogens (tertiary/aromatic N) is 1. The van der Waals surface area contributed by atoms with E-state index in [9.17, 15) is 17.6 Å². The van der Waals surface area contributed by atoms with Crippen molar-refractivity contribution >= 4 is 28.3 Å². The number of likely N-dealkylation sites (tertiary alicyclic amines) is 1. The van der Waals surface area contributed by atoms with Gasteiger partial charge in [0, 0.05) is 32.1 Å². The predicted octanol–water partition coefficient (Wildman–Crippen LogP) is 0.866. The molecule has 0 spiro atoms. The number of sulfonamides is 1. The standard InChI is InChI=1S/C14H20FN3O3S.ClH/c15-11-1-3-13(4-2-11)22(20,21)17-8-5-14(19)18-9-6-12(16)7-10-18;/h1-4,12,17H,5-10,16H2;1H. The molecule has 130 valence electrons. The van der Waals surface area contributed by atoms with Crippen molar-refractivity contribution in [1.82, 2.24) is 9.62 Å². The normalized spacial score (nSPS) is 16.0. The van der Waals surface area contributed by atoms with Crippen LogP contribution in [0.3, 0.4) is 0 Å². The Balaban J connectivity index is 0.00000264. The average molecular weight is 366 g/mol. The molecule has 1 aromatic carbocycles. The van der Waals surface area contributed by atoms with Gasteiger partial charge in [-0.2, -0.15) is 0 Å². The van der Waals surface area contributed by atoms with Crippen LogP contribution in [-0.2, 0) is 14.8 Å². The summed E-state index contributed by atoms with van der Waals surface area (Å²) in [6.07, 6.45) is 1.63. The lowest BCUT2D eigenvalue weighted by atomic mass is 10.1. The highest BCUT2D eigenvalue weighted by Gasteiger charge is 2.21. The lowest BCUT2D eigenvalue weighted by molar-refractivity contribution is -0.132. The minimum absolute atomic E-state index is 0. The monoisotopic (exact) mass is 365 g/mol. The van der Waals surface area contributed by atoms with Gasteiger partial charge in [-0.1, -0.05) is 0 Å². The van der Waals surface area contributed by atoms with Crippen molar-refractivity contribution in [1.29, 1.82) is 0 Å². The minimum Gasteiger partial charge on any atom is -0.343 e. The van der Waals surface area contributed by atoms with Crippen molar-refractivity contribution in [2.75, 3.05) is 19.6 Å². The maximum absolute atomic E-state index is 12.8. The molecule has 0 saturated carbocycles. The first-order valence-corrected chi connectivity index (χ1v) is 8.65. The molecule has 6 nitrogen and oxygen atoms in total. The summed E-state index contributed by atoms with van der Waals surface area (Å²) in [5.74, 6) is -0.592. The number of hydrogen-bond acceptors (Lipinski definition) is 4. The van der Waals surface area contributed by atoms with Crippen LogP contribution in [0.15, 0.2) is 29.2 Å². The molecule has 0 radical (unpaired) electrons. The number of hydrogen-bond donors (Lipinski definition) is 2. The van der Waals surface area contributed by atoms with Gasteiger partial charge in [-0.05, 0) is 37.1 Å². The Labute approximate surface area is 141 Å². The van der Waals surface area contributed by atoms with Crippen LogP contribution in [0, 0.1) is 5.82 Å². The van der Waals surface area contributed by atoms with E-state index in [4.69, 9.17) is 5.73 Å². The average Bonchev–Trinajstić information content (AvgIpc) is 2.48. The number of piperidine rings is 1. The van der Waals surface area contributed by atoms with Crippen molar-refractivity contribution in [3.8, 4) is 0 Å². The zero-order chi connectivity index (χ0) is 16.2. The van der Waals surface area contributed by atoms with Crippen LogP contribution in [0.5, 0.6) is 0 Å². The highest BCUT2D eigenvalue weighted by molar-refractivity contribution is 7.89. The van der Waals surface area contributed by atoms with Gasteiger partial charge in [-0.15, -0.1) is 12.4 Å². The maximum Gasteiger partial charge on any atom is 0.240 e. The van der Waals surface area contributed by atoms with E-state index in [-0.39, 0.29) is 42.2 Å². The number of nitrogens with two attached hydrogens (primary N) is 1. The number of carbonyl (C=O) groups is 1. The summed E-state index contributed by atoms with van der Waals surface area (Å²) in [5.41, 5.74) is 5.77. The molecule has 1 heterocycles. The first-order chi connectivity index (χ1) is 10.4. The molecule has 1 amide bonds. The lowest BCUT2D eigenvalue weighted by Gasteiger charge is -2.30. The molecular formula is C14H21ClFN3O3S. The van der Waals surface area contributed by atoms with Gasteiger partial charge in [-0.3, -0.25) is 4.79 Å². The van der Waals surface area contributed by atoms with Crippen LogP contribution in [0.25, 0.3) is 0 Å². The first-order valence-electron chi connectivity index (χ1n) is 7.17. The summed E-state index contributed by atoms with van der Waals surface area (Å²) in [4.78, 5) is 13.7. The molecule has 0 atom stereocenters. The minimum atomic E-state index is -3.72. The van der Waals surface area contributed by atoms with Crippen LogP contribution in [0.4, 0.5) is 4.39 Å². The van der Waals surface area contributed by atoms with Crippen molar-refractivity contribution in [3.63, 3.8) is 0 Å². The largest absolute Gasteiger partial charge is 0.343 e. The lowest BCUT2D eigenvalue weighted by Crippen LogP contribution is -2.43. The summed E-state index contributed by atoms with van der Waals surface area (Å²) in [6, 6.07) is 4.67. The van der Waals surface area contributed by atoms with Crippen molar-refractivity contribution < 1.29 is 17.6 Å². The van der Waals surface area contributed by atoms with Gasteiger partial charge in [0.05, 0.1) is 4.90 Å². The summed E-state index contributed by atoms with van der Waals surface area (Å²) >= 11 is 0. The van der Waals surface area contributed by atoms with Crippen LogP contribution >= 0.6 is 12.4 Å². The zero-order valence-corrected chi connectivity index (χ0v) is 14.2. The summed E-state index contributed by atoms with van der Waals surface area (Å²) in [6.45, 7) is 1.25. The molecule has 1 saturated heterocycles. The number of halogens is 2. The molecule has 0 bridgehead atoms. The van der Waals surface area contributed by atoms with Crippen LogP contribution in [0.1, 0.15) is 19.3 Å². The van der Waals surface area contributed by atoms with Crippen LogP contribution in [-0.4, -0.2) is 44.9 Å². The molecule has 0 aliphatic carbocycles. The van der Waals surface area contributed by atoms with E-state index < -0.39 is 15.8 Å². The fourth-order valence-corrected chi connectivity index (χ4v) is 3.33. The zero-order valence-electron chi connectivity index (χ0n) is 12.6. The smallest absolute Gasteiger partial charge is 0.240 e. The molecule has 0 aromatic heterocycles. The molecule has 23 heavy (non-hydrogen) atoms. The van der Waals surface area contributed by atoms with E-state index in [2.05, 4.69) is 4.72 Å². The quantitative estimate of drug-likeness (QED) is 0.809. The molecule has 2 rings (SSSR count). The van der Waals surface area contributed by atoms with Gasteiger partial charge in [0.15, 0.2) is 0 Å². The second-order valence-electron chi connectivity index (χ2n) is 5.32. The Kier molecular flexibility index (Phi) is 7.40. The van der Waals surface area contributed by atoms with Gasteiger partial charge in [0.1, 0.15) is 5.82 Å². The third-order valence-corrected chi connectivity index (χ3v) is 5.12. The number of carbonyl (C=O) groups excluding carboxylic acids is 1. The Morgan fingerprint density at radius 3 is 2.39 bits per heavy atom. The predicted molar refractivity (Wildman–Crippen MR) is 87.2 cm³/mol. The van der Waals surface area contributed by atoms with Gasteiger partial charge < -0.3 is 10.6 Å². The second-order valence-corrected chi connectivity index (χ2v) is 7.09. The van der Waals surface area contributed by atoms with E-state index >= 15 is 0 Å². The number of benzene rings is 1. The topological polar surface area (TPSA) is 92.5 Å². The number of nitrogens with one attached hydrogen (secondary N) is 1. The van der Waals surface area contributed by atoms with Crippen molar-refractivity contribution in [2.24, 2.45) is 5.73 Å². The van der Waals surface area contributed by atoms with Crippen LogP contribution in [0.2, 0.25) is 0 Å². The highest BCUT2D eigenvalue weighted by Crippen LogP contribution is 2.11. The van der Waals surface area contributed by atoms with E-state index in [1.165, 1.54) is 12.1 Å². The Bertz CT molecular complexity index is 617. The summed E-state index contributed by atoms with van der Waals surface area (Å²) in [7, 11) is -3.72. The van der Waals surface area contributed by atoms with E-state index in [0.717, 1.165) is 25.0 Å². The highest BCUT2D eigenvalue weighted by atomic mass is 35.5. The Hall–Kier alpha value is -1.22. The summed E-state index contributed by atoms with van der Waals surface area (Å²) < 4.78 is 39.1. The Morgan fingerprint density at radius 1 is 1.26 bits per heavy atom. The van der Waals surface area contributed by atoms with E-state index in [1.54, 1.807) is 4.90 Å². The SMILES string of the molecule is Cl.NC1CCN(C(=O)CCNS(=O)(=O)c2ccc(F)cc2)CC1.